The van der Waals surface area contributed by atoms with Gasteiger partial charge in [-0.05, 0) is 41.8 Å². The maximum Gasteiger partial charge on any atom is 0.247 e. The van der Waals surface area contributed by atoms with Crippen LogP contribution in [0.15, 0.2) is 78.2 Å². The molecule has 3 aromatic rings. The summed E-state index contributed by atoms with van der Waals surface area (Å²) in [7, 11) is 0. The van der Waals surface area contributed by atoms with Crippen LogP contribution < -0.4 is 5.32 Å². The zero-order valence-electron chi connectivity index (χ0n) is 18.3. The van der Waals surface area contributed by atoms with Crippen LogP contribution in [-0.4, -0.2) is 29.3 Å². The van der Waals surface area contributed by atoms with E-state index in [1.54, 1.807) is 16.2 Å². The summed E-state index contributed by atoms with van der Waals surface area (Å²) in [6.45, 7) is 0.492. The average molecular weight is 447 g/mol. The Morgan fingerprint density at radius 3 is 2.28 bits per heavy atom. The van der Waals surface area contributed by atoms with Gasteiger partial charge in [0.25, 0.3) is 0 Å². The monoisotopic (exact) mass is 446 g/mol. The molecule has 1 heterocycles. The highest BCUT2D eigenvalue weighted by molar-refractivity contribution is 7.10. The Hall–Kier alpha value is -2.92. The van der Waals surface area contributed by atoms with Crippen LogP contribution in [0.3, 0.4) is 0 Å². The number of rotatable bonds is 9. The fourth-order valence-corrected chi connectivity index (χ4v) is 5.11. The van der Waals surface area contributed by atoms with E-state index in [1.165, 1.54) is 0 Å². The minimum atomic E-state index is -0.632. The number of amides is 2. The van der Waals surface area contributed by atoms with Crippen molar-refractivity contribution in [1.29, 1.82) is 0 Å². The van der Waals surface area contributed by atoms with E-state index in [0.717, 1.165) is 41.7 Å². The van der Waals surface area contributed by atoms with E-state index >= 15 is 0 Å². The normalized spacial score (nSPS) is 14.8. The van der Waals surface area contributed by atoms with Crippen LogP contribution >= 0.6 is 11.3 Å². The van der Waals surface area contributed by atoms with Gasteiger partial charge in [-0.15, -0.1) is 11.3 Å². The number of benzene rings is 2. The first-order valence-corrected chi connectivity index (χ1v) is 12.3. The number of thiophene rings is 1. The molecule has 0 radical (unpaired) electrons. The third-order valence-electron chi connectivity index (χ3n) is 6.09. The molecule has 1 N–H and O–H groups in total. The molecule has 1 aliphatic carbocycles. The summed E-state index contributed by atoms with van der Waals surface area (Å²) >= 11 is 1.58. The maximum absolute atomic E-state index is 13.6. The molecular weight excluding hydrogens is 416 g/mol. The first-order valence-electron chi connectivity index (χ1n) is 11.4. The summed E-state index contributed by atoms with van der Waals surface area (Å²) in [5, 5.41) is 5.22. The van der Waals surface area contributed by atoms with Gasteiger partial charge in [0.2, 0.25) is 11.8 Å². The van der Waals surface area contributed by atoms with Crippen molar-refractivity contribution in [2.24, 2.45) is 0 Å². The van der Waals surface area contributed by atoms with E-state index in [2.05, 4.69) is 17.4 Å². The Morgan fingerprint density at radius 2 is 1.62 bits per heavy atom. The lowest BCUT2D eigenvalue weighted by atomic mass is 10.0. The molecule has 1 aliphatic rings. The van der Waals surface area contributed by atoms with Gasteiger partial charge in [-0.25, -0.2) is 0 Å². The third-order valence-corrected chi connectivity index (χ3v) is 6.96. The van der Waals surface area contributed by atoms with Crippen molar-refractivity contribution in [3.63, 3.8) is 0 Å². The lowest BCUT2D eigenvalue weighted by Gasteiger charge is -2.32. The predicted molar refractivity (Wildman–Crippen MR) is 129 cm³/mol. The molecule has 2 amide bonds. The van der Waals surface area contributed by atoms with Crippen LogP contribution in [0.2, 0.25) is 0 Å². The third kappa shape index (κ3) is 5.86. The Bertz CT molecular complexity index is 983. The molecule has 1 fully saturated rings. The van der Waals surface area contributed by atoms with Crippen LogP contribution in [0.4, 0.5) is 0 Å². The molecule has 1 unspecified atom stereocenters. The highest BCUT2D eigenvalue weighted by atomic mass is 32.1. The van der Waals surface area contributed by atoms with Crippen LogP contribution in [-0.2, 0) is 22.4 Å². The van der Waals surface area contributed by atoms with Gasteiger partial charge in [-0.3, -0.25) is 9.59 Å². The minimum absolute atomic E-state index is 0.0150. The summed E-state index contributed by atoms with van der Waals surface area (Å²) in [5.74, 6) is -0.0884. The highest BCUT2D eigenvalue weighted by Gasteiger charge is 2.32. The van der Waals surface area contributed by atoms with Crippen molar-refractivity contribution in [3.05, 3.63) is 94.2 Å². The zero-order valence-corrected chi connectivity index (χ0v) is 19.1. The van der Waals surface area contributed by atoms with Crippen molar-refractivity contribution < 1.29 is 9.59 Å². The van der Waals surface area contributed by atoms with E-state index in [9.17, 15) is 9.59 Å². The topological polar surface area (TPSA) is 49.4 Å². The van der Waals surface area contributed by atoms with Gasteiger partial charge >= 0.3 is 0 Å². The first kappa shape index (κ1) is 22.3. The quantitative estimate of drug-likeness (QED) is 0.493. The number of nitrogens with one attached hydrogen (secondary N) is 1. The van der Waals surface area contributed by atoms with Crippen molar-refractivity contribution in [2.45, 2.75) is 50.6 Å². The average Bonchev–Trinajstić information content (AvgIpc) is 3.52. The summed E-state index contributed by atoms with van der Waals surface area (Å²) in [6, 6.07) is 23.4. The first-order chi connectivity index (χ1) is 15.7. The molecule has 0 aliphatic heterocycles. The van der Waals surface area contributed by atoms with Crippen LogP contribution in [0.1, 0.15) is 47.7 Å². The molecule has 4 nitrogen and oxygen atoms in total. The smallest absolute Gasteiger partial charge is 0.247 e. The molecule has 1 atom stereocenters. The molecule has 0 saturated heterocycles. The van der Waals surface area contributed by atoms with E-state index in [1.807, 2.05) is 66.0 Å². The van der Waals surface area contributed by atoms with Gasteiger partial charge in [0, 0.05) is 17.5 Å². The second kappa shape index (κ2) is 11.1. The standard InChI is InChI=1S/C27H30N2O2S/c30-25(20-24-16-9-19-32-24)29(18-17-21-10-3-1-4-11-21)26(22-12-5-2-6-13-22)27(31)28-23-14-7-8-15-23/h1-6,9-13,16,19,23,26H,7-8,14-15,17-18,20H2,(H,28,31). The Labute approximate surface area is 194 Å². The second-order valence-corrected chi connectivity index (χ2v) is 9.41. The minimum Gasteiger partial charge on any atom is -0.351 e. The number of hydrogen-bond donors (Lipinski definition) is 1. The number of carbonyl (C=O) groups is 2. The molecule has 5 heteroatoms. The molecule has 166 valence electrons. The zero-order chi connectivity index (χ0) is 22.2. The number of carbonyl (C=O) groups excluding carboxylic acids is 2. The molecule has 0 bridgehead atoms. The van der Waals surface area contributed by atoms with Gasteiger partial charge in [-0.2, -0.15) is 0 Å². The molecular formula is C27H30N2O2S. The predicted octanol–water partition coefficient (Wildman–Crippen LogP) is 5.16. The summed E-state index contributed by atoms with van der Waals surface area (Å²) in [6.07, 6.45) is 5.34. The van der Waals surface area contributed by atoms with Gasteiger partial charge in [0.05, 0.1) is 6.42 Å². The number of nitrogens with zero attached hydrogens (tertiary/aromatic N) is 1. The lowest BCUT2D eigenvalue weighted by Crippen LogP contribution is -2.47. The molecule has 32 heavy (non-hydrogen) atoms. The van der Waals surface area contributed by atoms with Crippen LogP contribution in [0.5, 0.6) is 0 Å². The van der Waals surface area contributed by atoms with E-state index in [0.29, 0.717) is 19.4 Å². The molecule has 0 spiro atoms. The van der Waals surface area contributed by atoms with Crippen molar-refractivity contribution in [3.8, 4) is 0 Å². The fraction of sp³-hybridized carbons (Fsp3) is 0.333. The number of hydrogen-bond acceptors (Lipinski definition) is 3. The Balaban J connectivity index is 1.62. The molecule has 2 aromatic carbocycles. The van der Waals surface area contributed by atoms with Crippen LogP contribution in [0.25, 0.3) is 0 Å². The Kier molecular flexibility index (Phi) is 7.73. The lowest BCUT2D eigenvalue weighted by molar-refractivity contribution is -0.140. The summed E-state index contributed by atoms with van der Waals surface area (Å²) in [4.78, 5) is 29.9. The molecule has 1 aromatic heterocycles. The van der Waals surface area contributed by atoms with Gasteiger partial charge in [0.15, 0.2) is 0 Å². The van der Waals surface area contributed by atoms with E-state index in [-0.39, 0.29) is 17.9 Å². The second-order valence-electron chi connectivity index (χ2n) is 8.38. The largest absolute Gasteiger partial charge is 0.351 e. The van der Waals surface area contributed by atoms with Crippen LogP contribution in [0, 0.1) is 0 Å². The van der Waals surface area contributed by atoms with Crippen molar-refractivity contribution >= 4 is 23.2 Å². The van der Waals surface area contributed by atoms with Gasteiger partial charge < -0.3 is 10.2 Å². The summed E-state index contributed by atoms with van der Waals surface area (Å²) in [5.41, 5.74) is 2.01. The molecule has 1 saturated carbocycles. The Morgan fingerprint density at radius 1 is 0.938 bits per heavy atom. The maximum atomic E-state index is 13.6. The van der Waals surface area contributed by atoms with Crippen molar-refractivity contribution in [1.82, 2.24) is 10.2 Å². The highest BCUT2D eigenvalue weighted by Crippen LogP contribution is 2.26. The summed E-state index contributed by atoms with van der Waals surface area (Å²) < 4.78 is 0. The van der Waals surface area contributed by atoms with Gasteiger partial charge in [0.1, 0.15) is 6.04 Å². The van der Waals surface area contributed by atoms with Crippen molar-refractivity contribution in [2.75, 3.05) is 6.54 Å². The van der Waals surface area contributed by atoms with E-state index < -0.39 is 6.04 Å². The molecule has 4 rings (SSSR count). The van der Waals surface area contributed by atoms with E-state index in [4.69, 9.17) is 0 Å². The fourth-order valence-electron chi connectivity index (χ4n) is 4.41. The van der Waals surface area contributed by atoms with Gasteiger partial charge in [-0.1, -0.05) is 79.6 Å². The SMILES string of the molecule is O=C(NC1CCCC1)C(c1ccccc1)N(CCc1ccccc1)C(=O)Cc1cccs1.